The van der Waals surface area contributed by atoms with Crippen LogP contribution >= 0.6 is 23.1 Å². The number of hydrogen-bond acceptors (Lipinski definition) is 7. The molecular weight excluding hydrogens is 370 g/mol. The largest absolute Gasteiger partial charge is 0.467 e. The summed E-state index contributed by atoms with van der Waals surface area (Å²) >= 11 is 3.01. The first-order valence-corrected chi connectivity index (χ1v) is 10.2. The maximum absolute atomic E-state index is 12.1. The Hall–Kier alpha value is -2.39. The molecule has 1 fully saturated rings. The number of hydrogen-bond donors (Lipinski definition) is 0. The number of thiazole rings is 1. The summed E-state index contributed by atoms with van der Waals surface area (Å²) in [6.07, 6.45) is 5.74. The van der Waals surface area contributed by atoms with E-state index in [2.05, 4.69) is 19.7 Å². The molecular formula is C17H15N5O2S2. The molecule has 0 radical (unpaired) electrons. The summed E-state index contributed by atoms with van der Waals surface area (Å²) in [5, 5.41) is 11.5. The third kappa shape index (κ3) is 2.97. The molecule has 1 aliphatic carbocycles. The van der Waals surface area contributed by atoms with Gasteiger partial charge in [-0.05, 0) is 25.0 Å². The Kier molecular flexibility index (Phi) is 3.90. The molecule has 0 N–H and O–H groups in total. The van der Waals surface area contributed by atoms with E-state index < -0.39 is 0 Å². The molecule has 26 heavy (non-hydrogen) atoms. The van der Waals surface area contributed by atoms with Gasteiger partial charge in [0.05, 0.1) is 18.5 Å². The molecule has 1 aliphatic rings. The predicted octanol–water partition coefficient (Wildman–Crippen LogP) is 3.16. The van der Waals surface area contributed by atoms with E-state index in [1.807, 2.05) is 17.5 Å². The van der Waals surface area contributed by atoms with Crippen molar-refractivity contribution in [3.05, 3.63) is 63.7 Å². The molecule has 5 rings (SSSR count). The van der Waals surface area contributed by atoms with Crippen LogP contribution in [-0.4, -0.2) is 24.1 Å². The third-order valence-corrected chi connectivity index (χ3v) is 6.04. The average molecular weight is 385 g/mol. The van der Waals surface area contributed by atoms with Crippen LogP contribution in [0.2, 0.25) is 0 Å². The molecule has 0 spiro atoms. The van der Waals surface area contributed by atoms with Crippen LogP contribution in [0.3, 0.4) is 0 Å². The van der Waals surface area contributed by atoms with Crippen LogP contribution in [-0.2, 0) is 12.3 Å². The Morgan fingerprint density at radius 1 is 1.35 bits per heavy atom. The molecule has 0 amide bonds. The van der Waals surface area contributed by atoms with Crippen LogP contribution in [0.4, 0.5) is 0 Å². The highest BCUT2D eigenvalue weighted by Crippen LogP contribution is 2.40. The van der Waals surface area contributed by atoms with Crippen LogP contribution < -0.4 is 5.56 Å². The lowest BCUT2D eigenvalue weighted by atomic mass is 10.3. The zero-order chi connectivity index (χ0) is 17.5. The van der Waals surface area contributed by atoms with Crippen molar-refractivity contribution in [2.24, 2.45) is 0 Å². The summed E-state index contributed by atoms with van der Waals surface area (Å²) in [5.74, 6) is 2.97. The van der Waals surface area contributed by atoms with Gasteiger partial charge in [-0.3, -0.25) is 13.8 Å². The molecule has 1 saturated carbocycles. The Balaban J connectivity index is 1.41. The molecule has 0 unspecified atom stereocenters. The summed E-state index contributed by atoms with van der Waals surface area (Å²) in [7, 11) is 0. The van der Waals surface area contributed by atoms with Gasteiger partial charge in [0.25, 0.3) is 5.56 Å². The fourth-order valence-electron chi connectivity index (χ4n) is 2.86. The highest BCUT2D eigenvalue weighted by molar-refractivity contribution is 7.98. The number of thioether (sulfide) groups is 1. The SMILES string of the molecule is O=c1cc(CSc2nnc(C3CC3)n2Cc2ccco2)nc2sccn12. The first-order valence-electron chi connectivity index (χ1n) is 8.32. The van der Waals surface area contributed by atoms with Gasteiger partial charge in [0.1, 0.15) is 11.6 Å². The van der Waals surface area contributed by atoms with Crippen LogP contribution in [0.1, 0.15) is 36.0 Å². The van der Waals surface area contributed by atoms with E-state index >= 15 is 0 Å². The lowest BCUT2D eigenvalue weighted by Gasteiger charge is -2.08. The molecule has 4 aromatic rings. The topological polar surface area (TPSA) is 78.2 Å². The van der Waals surface area contributed by atoms with E-state index in [-0.39, 0.29) is 5.56 Å². The number of nitrogens with zero attached hydrogens (tertiary/aromatic N) is 5. The highest BCUT2D eigenvalue weighted by Gasteiger charge is 2.30. The number of rotatable bonds is 6. The van der Waals surface area contributed by atoms with E-state index in [4.69, 9.17) is 4.42 Å². The van der Waals surface area contributed by atoms with Crippen molar-refractivity contribution >= 4 is 28.1 Å². The van der Waals surface area contributed by atoms with E-state index in [1.165, 1.54) is 11.3 Å². The maximum atomic E-state index is 12.1. The Morgan fingerprint density at radius 3 is 3.08 bits per heavy atom. The van der Waals surface area contributed by atoms with Gasteiger partial charge in [0.2, 0.25) is 0 Å². The fraction of sp³-hybridized carbons (Fsp3) is 0.294. The van der Waals surface area contributed by atoms with E-state index in [9.17, 15) is 4.79 Å². The second-order valence-corrected chi connectivity index (χ2v) is 8.03. The van der Waals surface area contributed by atoms with Gasteiger partial charge in [-0.15, -0.1) is 21.5 Å². The molecule has 132 valence electrons. The van der Waals surface area contributed by atoms with Crippen LogP contribution in [0.25, 0.3) is 4.96 Å². The van der Waals surface area contributed by atoms with E-state index in [0.29, 0.717) is 23.2 Å². The van der Waals surface area contributed by atoms with Gasteiger partial charge in [0, 0.05) is 29.3 Å². The standard InChI is InChI=1S/C17H15N5O2S2/c23-14-8-12(18-16-21(14)5-7-25-16)10-26-17-20-19-15(11-3-4-11)22(17)9-13-2-1-6-24-13/h1-2,5-8,11H,3-4,9-10H2. The van der Waals surface area contributed by atoms with Gasteiger partial charge in [-0.25, -0.2) is 4.98 Å². The van der Waals surface area contributed by atoms with Gasteiger partial charge >= 0.3 is 0 Å². The summed E-state index contributed by atoms with van der Waals surface area (Å²) in [4.78, 5) is 17.4. The third-order valence-electron chi connectivity index (χ3n) is 4.29. The summed E-state index contributed by atoms with van der Waals surface area (Å²) < 4.78 is 9.18. The van der Waals surface area contributed by atoms with E-state index in [1.54, 1.807) is 34.7 Å². The normalized spacial score (nSPS) is 14.3. The lowest BCUT2D eigenvalue weighted by Crippen LogP contribution is -2.12. The van der Waals surface area contributed by atoms with Crippen molar-refractivity contribution in [2.45, 2.75) is 36.2 Å². The van der Waals surface area contributed by atoms with Crippen LogP contribution in [0.5, 0.6) is 0 Å². The number of furan rings is 1. The number of fused-ring (bicyclic) bond motifs is 1. The minimum absolute atomic E-state index is 0.0532. The monoisotopic (exact) mass is 385 g/mol. The molecule has 7 nitrogen and oxygen atoms in total. The minimum atomic E-state index is -0.0532. The van der Waals surface area contributed by atoms with Crippen molar-refractivity contribution in [1.29, 1.82) is 0 Å². The van der Waals surface area contributed by atoms with Gasteiger partial charge in [0.15, 0.2) is 10.1 Å². The van der Waals surface area contributed by atoms with Gasteiger partial charge < -0.3 is 4.42 Å². The molecule has 0 aliphatic heterocycles. The summed E-state index contributed by atoms with van der Waals surface area (Å²) in [6.45, 7) is 0.619. The first-order chi connectivity index (χ1) is 12.8. The second-order valence-electron chi connectivity index (χ2n) is 6.21. The highest BCUT2D eigenvalue weighted by atomic mass is 32.2. The molecule has 0 atom stereocenters. The fourth-order valence-corrected chi connectivity index (χ4v) is 4.43. The second kappa shape index (κ2) is 6.40. The maximum Gasteiger partial charge on any atom is 0.258 e. The molecule has 4 heterocycles. The molecule has 0 bridgehead atoms. The van der Waals surface area contributed by atoms with Crippen molar-refractivity contribution in [1.82, 2.24) is 24.1 Å². The summed E-state index contributed by atoms with van der Waals surface area (Å²) in [5.41, 5.74) is 0.700. The minimum Gasteiger partial charge on any atom is -0.467 e. The molecule has 0 aromatic carbocycles. The van der Waals surface area contributed by atoms with Gasteiger partial charge in [-0.2, -0.15) is 0 Å². The smallest absolute Gasteiger partial charge is 0.258 e. The average Bonchev–Trinajstić information content (AvgIpc) is 3.02. The van der Waals surface area contributed by atoms with Crippen LogP contribution in [0.15, 0.2) is 50.4 Å². The number of aromatic nitrogens is 5. The van der Waals surface area contributed by atoms with Crippen molar-refractivity contribution < 1.29 is 4.42 Å². The van der Waals surface area contributed by atoms with E-state index in [0.717, 1.165) is 35.3 Å². The lowest BCUT2D eigenvalue weighted by molar-refractivity contribution is 0.478. The van der Waals surface area contributed by atoms with Gasteiger partial charge in [-0.1, -0.05) is 11.8 Å². The Morgan fingerprint density at radius 2 is 2.27 bits per heavy atom. The van der Waals surface area contributed by atoms with Crippen LogP contribution in [0, 0.1) is 0 Å². The first kappa shape index (κ1) is 15.8. The predicted molar refractivity (Wildman–Crippen MR) is 98.7 cm³/mol. The zero-order valence-corrected chi connectivity index (χ0v) is 15.4. The quantitative estimate of drug-likeness (QED) is 0.475. The van der Waals surface area contributed by atoms with Crippen molar-refractivity contribution in [2.75, 3.05) is 0 Å². The Bertz CT molecular complexity index is 1110. The van der Waals surface area contributed by atoms with Crippen molar-refractivity contribution in [3.63, 3.8) is 0 Å². The molecule has 4 aromatic heterocycles. The zero-order valence-electron chi connectivity index (χ0n) is 13.7. The molecule has 0 saturated heterocycles. The Labute approximate surface area is 156 Å². The van der Waals surface area contributed by atoms with Crippen molar-refractivity contribution in [3.8, 4) is 0 Å². The molecule has 9 heteroatoms. The summed E-state index contributed by atoms with van der Waals surface area (Å²) in [6, 6.07) is 5.43.